The van der Waals surface area contributed by atoms with Gasteiger partial charge in [-0.25, -0.2) is 9.97 Å². The largest absolute Gasteiger partial charge is 0.441 e. The van der Waals surface area contributed by atoms with Gasteiger partial charge >= 0.3 is 0 Å². The number of oxazole rings is 1. The molecule has 3 heterocycles. The first-order valence-electron chi connectivity index (χ1n) is 10.1. The van der Waals surface area contributed by atoms with Crippen LogP contribution in [0.15, 0.2) is 47.1 Å². The molecule has 0 aliphatic heterocycles. The van der Waals surface area contributed by atoms with Gasteiger partial charge in [-0.1, -0.05) is 18.5 Å². The molecule has 3 aromatic heterocycles. The van der Waals surface area contributed by atoms with E-state index in [2.05, 4.69) is 27.1 Å². The molecule has 31 heavy (non-hydrogen) atoms. The van der Waals surface area contributed by atoms with Crippen LogP contribution in [-0.2, 0) is 6.42 Å². The Bertz CT molecular complexity index is 1200. The lowest BCUT2D eigenvalue weighted by molar-refractivity contribution is 0.0712. The lowest BCUT2D eigenvalue weighted by atomic mass is 10.1. The van der Waals surface area contributed by atoms with Crippen molar-refractivity contribution in [3.05, 3.63) is 65.0 Å². The van der Waals surface area contributed by atoms with Crippen LogP contribution in [0.2, 0.25) is 5.02 Å². The molecular weight excluding hydrogens is 416 g/mol. The molecule has 1 atom stereocenters. The number of nitrogens with zero attached hydrogens (tertiary/aromatic N) is 6. The molecule has 0 bridgehead atoms. The zero-order chi connectivity index (χ0) is 22.0. The molecule has 9 heteroatoms. The highest BCUT2D eigenvalue weighted by Crippen LogP contribution is 2.22. The first-order valence-corrected chi connectivity index (χ1v) is 10.5. The number of aromatic nitrogens is 5. The number of carbonyl (C=O) groups is 1. The van der Waals surface area contributed by atoms with Gasteiger partial charge in [0, 0.05) is 30.2 Å². The predicted octanol–water partition coefficient (Wildman–Crippen LogP) is 4.25. The van der Waals surface area contributed by atoms with Crippen molar-refractivity contribution in [2.24, 2.45) is 0 Å². The molecule has 1 amide bonds. The van der Waals surface area contributed by atoms with Crippen molar-refractivity contribution in [1.82, 2.24) is 29.9 Å². The Balaban J connectivity index is 1.52. The smallest absolute Gasteiger partial charge is 0.274 e. The zero-order valence-corrected chi connectivity index (χ0v) is 18.4. The number of amides is 1. The Morgan fingerprint density at radius 1 is 1.19 bits per heavy atom. The second-order valence-electron chi connectivity index (χ2n) is 7.38. The molecule has 0 aliphatic rings. The maximum atomic E-state index is 13.3. The molecule has 4 aromatic rings. The fourth-order valence-electron chi connectivity index (χ4n) is 3.56. The molecule has 0 N–H and O–H groups in total. The second-order valence-corrected chi connectivity index (χ2v) is 7.81. The van der Waals surface area contributed by atoms with Gasteiger partial charge in [0.05, 0.1) is 12.4 Å². The average molecular weight is 439 g/mol. The summed E-state index contributed by atoms with van der Waals surface area (Å²) >= 11 is 6.03. The van der Waals surface area contributed by atoms with Gasteiger partial charge in [-0.15, -0.1) is 4.80 Å². The number of benzene rings is 1. The van der Waals surface area contributed by atoms with Gasteiger partial charge in [0.15, 0.2) is 17.2 Å². The summed E-state index contributed by atoms with van der Waals surface area (Å²) in [5.74, 6) is 0.457. The molecule has 0 saturated heterocycles. The number of hydrogen-bond donors (Lipinski definition) is 0. The standard InChI is InChI=1S/C22H23ClN6O2/c1-4-16(7-10-20-27-17-13-15(23)6-9-19(17)31-20)28(3)22(30)21-18(8-5-14(2)26-21)29-24-11-12-25-29/h5-6,8-9,11-13,16H,4,7,10H2,1-3H3/t16-/m0/s1. The topological polar surface area (TPSA) is 89.9 Å². The minimum Gasteiger partial charge on any atom is -0.441 e. The van der Waals surface area contributed by atoms with Gasteiger partial charge in [0.2, 0.25) is 0 Å². The summed E-state index contributed by atoms with van der Waals surface area (Å²) in [6.07, 6.45) is 5.24. The number of carbonyl (C=O) groups excluding carboxylic acids is 1. The van der Waals surface area contributed by atoms with Crippen molar-refractivity contribution in [2.75, 3.05) is 7.05 Å². The van der Waals surface area contributed by atoms with Crippen LogP contribution in [0.4, 0.5) is 0 Å². The van der Waals surface area contributed by atoms with Crippen LogP contribution < -0.4 is 0 Å². The van der Waals surface area contributed by atoms with Crippen LogP contribution in [0.3, 0.4) is 0 Å². The molecule has 160 valence electrons. The van der Waals surface area contributed by atoms with Crippen molar-refractivity contribution in [1.29, 1.82) is 0 Å². The lowest BCUT2D eigenvalue weighted by Crippen LogP contribution is -2.38. The number of pyridine rings is 1. The monoisotopic (exact) mass is 438 g/mol. The van der Waals surface area contributed by atoms with Gasteiger partial charge in [-0.2, -0.15) is 10.2 Å². The van der Waals surface area contributed by atoms with E-state index in [1.807, 2.05) is 25.1 Å². The summed E-state index contributed by atoms with van der Waals surface area (Å²) in [6, 6.07) is 9.02. The molecule has 0 radical (unpaired) electrons. The zero-order valence-electron chi connectivity index (χ0n) is 17.6. The molecule has 0 spiro atoms. The van der Waals surface area contributed by atoms with Crippen LogP contribution in [0, 0.1) is 6.92 Å². The lowest BCUT2D eigenvalue weighted by Gasteiger charge is -2.27. The fraction of sp³-hybridized carbons (Fsp3) is 0.318. The predicted molar refractivity (Wildman–Crippen MR) is 117 cm³/mol. The van der Waals surface area contributed by atoms with E-state index in [0.29, 0.717) is 40.7 Å². The highest BCUT2D eigenvalue weighted by molar-refractivity contribution is 6.31. The van der Waals surface area contributed by atoms with Crippen LogP contribution >= 0.6 is 11.6 Å². The van der Waals surface area contributed by atoms with E-state index >= 15 is 0 Å². The molecule has 0 unspecified atom stereocenters. The molecular formula is C22H23ClN6O2. The van der Waals surface area contributed by atoms with E-state index in [9.17, 15) is 4.79 Å². The van der Waals surface area contributed by atoms with Crippen LogP contribution in [0.5, 0.6) is 0 Å². The Hall–Kier alpha value is -3.26. The minimum absolute atomic E-state index is 0.00755. The third-order valence-corrected chi connectivity index (χ3v) is 5.51. The first-order chi connectivity index (χ1) is 15.0. The van der Waals surface area contributed by atoms with Gasteiger partial charge in [-0.05, 0) is 50.1 Å². The van der Waals surface area contributed by atoms with Crippen molar-refractivity contribution in [2.45, 2.75) is 39.2 Å². The van der Waals surface area contributed by atoms with Crippen molar-refractivity contribution in [3.8, 4) is 5.69 Å². The van der Waals surface area contributed by atoms with Crippen molar-refractivity contribution in [3.63, 3.8) is 0 Å². The second kappa shape index (κ2) is 8.85. The Morgan fingerprint density at radius 3 is 2.71 bits per heavy atom. The van der Waals surface area contributed by atoms with E-state index in [4.69, 9.17) is 16.0 Å². The maximum absolute atomic E-state index is 13.3. The van der Waals surface area contributed by atoms with E-state index < -0.39 is 0 Å². The van der Waals surface area contributed by atoms with Crippen molar-refractivity contribution < 1.29 is 9.21 Å². The molecule has 8 nitrogen and oxygen atoms in total. The molecule has 4 rings (SSSR count). The molecule has 1 aromatic carbocycles. The number of hydrogen-bond acceptors (Lipinski definition) is 6. The SMILES string of the molecule is CC[C@@H](CCc1nc2cc(Cl)ccc2o1)N(C)C(=O)c1nc(C)ccc1-n1nccn1. The normalized spacial score (nSPS) is 12.3. The Kier molecular flexibility index (Phi) is 5.99. The van der Waals surface area contributed by atoms with Crippen LogP contribution in [0.25, 0.3) is 16.8 Å². The summed E-state index contributed by atoms with van der Waals surface area (Å²) in [7, 11) is 1.80. The molecule has 0 fully saturated rings. The summed E-state index contributed by atoms with van der Waals surface area (Å²) in [6.45, 7) is 3.91. The Labute approximate surface area is 184 Å². The van der Waals surface area contributed by atoms with Gasteiger partial charge in [0.25, 0.3) is 5.91 Å². The molecule has 0 aliphatic carbocycles. The number of halogens is 1. The highest BCUT2D eigenvalue weighted by Gasteiger charge is 2.25. The van der Waals surface area contributed by atoms with Gasteiger partial charge < -0.3 is 9.32 Å². The Morgan fingerprint density at radius 2 is 1.97 bits per heavy atom. The van der Waals surface area contributed by atoms with Crippen LogP contribution in [0.1, 0.15) is 41.8 Å². The van der Waals surface area contributed by atoms with E-state index in [1.54, 1.807) is 36.5 Å². The third kappa shape index (κ3) is 4.44. The summed E-state index contributed by atoms with van der Waals surface area (Å²) in [5.41, 5.74) is 3.08. The van der Waals surface area contributed by atoms with E-state index in [0.717, 1.165) is 17.6 Å². The first kappa shape index (κ1) is 21.0. The molecule has 0 saturated carbocycles. The fourth-order valence-corrected chi connectivity index (χ4v) is 3.72. The third-order valence-electron chi connectivity index (χ3n) is 5.27. The minimum atomic E-state index is -0.174. The highest BCUT2D eigenvalue weighted by atomic mass is 35.5. The quantitative estimate of drug-likeness (QED) is 0.428. The number of aryl methyl sites for hydroxylation is 2. The van der Waals surface area contributed by atoms with Crippen molar-refractivity contribution >= 4 is 28.6 Å². The number of fused-ring (bicyclic) bond motifs is 1. The van der Waals surface area contributed by atoms with Crippen LogP contribution in [-0.4, -0.2) is 48.9 Å². The summed E-state index contributed by atoms with van der Waals surface area (Å²) < 4.78 is 5.82. The average Bonchev–Trinajstić information content (AvgIpc) is 3.43. The maximum Gasteiger partial charge on any atom is 0.274 e. The number of rotatable bonds is 7. The van der Waals surface area contributed by atoms with Gasteiger partial charge in [-0.3, -0.25) is 4.79 Å². The van der Waals surface area contributed by atoms with E-state index in [-0.39, 0.29) is 11.9 Å². The summed E-state index contributed by atoms with van der Waals surface area (Å²) in [5, 5.41) is 8.92. The van der Waals surface area contributed by atoms with Gasteiger partial charge in [0.1, 0.15) is 11.2 Å². The summed E-state index contributed by atoms with van der Waals surface area (Å²) in [4.78, 5) is 25.5. The van der Waals surface area contributed by atoms with E-state index in [1.165, 1.54) is 4.80 Å².